The lowest BCUT2D eigenvalue weighted by Crippen LogP contribution is -2.18. The Morgan fingerprint density at radius 1 is 1.13 bits per heavy atom. The van der Waals surface area contributed by atoms with Crippen LogP contribution in [0.5, 0.6) is 0 Å². The third kappa shape index (κ3) is 5.16. The first-order valence-corrected chi connectivity index (χ1v) is 11.5. The highest BCUT2D eigenvalue weighted by Gasteiger charge is 2.17. The molecule has 1 amide bonds. The second kappa shape index (κ2) is 8.33. The van der Waals surface area contributed by atoms with Crippen LogP contribution < -0.4 is 10.5 Å². The van der Waals surface area contributed by atoms with Crippen molar-refractivity contribution >= 4 is 37.7 Å². The first-order valence-electron chi connectivity index (χ1n) is 9.20. The molecule has 0 spiro atoms. The topological polar surface area (TPSA) is 107 Å². The summed E-state index contributed by atoms with van der Waals surface area (Å²) < 4.78 is 25.3. The molecule has 30 heavy (non-hydrogen) atoms. The highest BCUT2D eigenvalue weighted by molar-refractivity contribution is 9.10. The van der Waals surface area contributed by atoms with Gasteiger partial charge in [-0.3, -0.25) is 4.79 Å². The molecule has 2 aromatic carbocycles. The summed E-state index contributed by atoms with van der Waals surface area (Å²) in [5, 5.41) is 12.2. The molecular weight excluding hydrogens is 468 g/mol. The van der Waals surface area contributed by atoms with Gasteiger partial charge in [-0.1, -0.05) is 45.0 Å². The summed E-state index contributed by atoms with van der Waals surface area (Å²) in [5.74, 6) is 0.0185. The van der Waals surface area contributed by atoms with E-state index in [0.29, 0.717) is 16.8 Å². The van der Waals surface area contributed by atoms with Gasteiger partial charge in [0.2, 0.25) is 10.0 Å². The zero-order chi connectivity index (χ0) is 22.1. The number of nitrogens with zero attached hydrogens (tertiary/aromatic N) is 2. The Hall–Kier alpha value is -2.49. The zero-order valence-electron chi connectivity index (χ0n) is 16.9. The molecule has 0 unspecified atom stereocenters. The standard InChI is InChI=1S/C21H23BrN4O3S/c1-21(2,3)15-6-4-14(5-7-15)13-26-19(10-11-24-26)25-20(27)17-12-16(30(23,28)29)8-9-18(17)22/h4-12H,13H2,1-3H3,(H,25,27)(H2,23,28,29). The molecule has 0 saturated heterocycles. The number of benzene rings is 2. The van der Waals surface area contributed by atoms with E-state index >= 15 is 0 Å². The Balaban J connectivity index is 1.80. The van der Waals surface area contributed by atoms with Gasteiger partial charge in [-0.05, 0) is 50.7 Å². The monoisotopic (exact) mass is 490 g/mol. The van der Waals surface area contributed by atoms with E-state index in [1.54, 1.807) is 16.9 Å². The molecule has 1 heterocycles. The number of hydrogen-bond donors (Lipinski definition) is 2. The smallest absolute Gasteiger partial charge is 0.257 e. The van der Waals surface area contributed by atoms with E-state index in [0.717, 1.165) is 5.56 Å². The highest BCUT2D eigenvalue weighted by Crippen LogP contribution is 2.24. The number of anilines is 1. The molecule has 0 saturated carbocycles. The average molecular weight is 491 g/mol. The second-order valence-electron chi connectivity index (χ2n) is 7.96. The van der Waals surface area contributed by atoms with Crippen molar-refractivity contribution in [3.8, 4) is 0 Å². The van der Waals surface area contributed by atoms with Crippen molar-refractivity contribution in [2.75, 3.05) is 5.32 Å². The molecule has 7 nitrogen and oxygen atoms in total. The minimum Gasteiger partial charge on any atom is -0.307 e. The van der Waals surface area contributed by atoms with Crippen LogP contribution in [0.2, 0.25) is 0 Å². The predicted octanol–water partition coefficient (Wildman–Crippen LogP) is 3.89. The molecule has 158 valence electrons. The number of rotatable bonds is 5. The van der Waals surface area contributed by atoms with Gasteiger partial charge in [-0.25, -0.2) is 18.2 Å². The Morgan fingerprint density at radius 2 is 1.80 bits per heavy atom. The van der Waals surface area contributed by atoms with Crippen LogP contribution in [0.3, 0.4) is 0 Å². The molecule has 0 atom stereocenters. The number of halogens is 1. The lowest BCUT2D eigenvalue weighted by Gasteiger charge is -2.19. The van der Waals surface area contributed by atoms with Crippen LogP contribution in [0.4, 0.5) is 5.82 Å². The van der Waals surface area contributed by atoms with Gasteiger partial charge in [0.05, 0.1) is 23.2 Å². The highest BCUT2D eigenvalue weighted by atomic mass is 79.9. The molecule has 0 aliphatic heterocycles. The summed E-state index contributed by atoms with van der Waals surface area (Å²) in [6.45, 7) is 6.95. The van der Waals surface area contributed by atoms with Crippen molar-refractivity contribution in [2.45, 2.75) is 37.6 Å². The van der Waals surface area contributed by atoms with E-state index in [2.05, 4.69) is 59.2 Å². The van der Waals surface area contributed by atoms with Gasteiger partial charge in [-0.2, -0.15) is 5.10 Å². The van der Waals surface area contributed by atoms with E-state index in [9.17, 15) is 13.2 Å². The minimum absolute atomic E-state index is 0.0717. The molecular formula is C21H23BrN4O3S. The van der Waals surface area contributed by atoms with Crippen molar-refractivity contribution in [2.24, 2.45) is 5.14 Å². The van der Waals surface area contributed by atoms with Crippen LogP contribution in [0.15, 0.2) is 64.1 Å². The normalized spacial score (nSPS) is 12.0. The first kappa shape index (κ1) is 22.2. The molecule has 1 aromatic heterocycles. The number of carbonyl (C=O) groups excluding carboxylic acids is 1. The van der Waals surface area contributed by atoms with Crippen molar-refractivity contribution in [3.05, 3.63) is 75.9 Å². The maximum absolute atomic E-state index is 12.8. The zero-order valence-corrected chi connectivity index (χ0v) is 19.3. The van der Waals surface area contributed by atoms with Gasteiger partial charge in [0.1, 0.15) is 5.82 Å². The molecule has 0 aliphatic carbocycles. The van der Waals surface area contributed by atoms with Crippen LogP contribution >= 0.6 is 15.9 Å². The summed E-state index contributed by atoms with van der Waals surface area (Å²) in [5.41, 5.74) is 2.51. The summed E-state index contributed by atoms with van der Waals surface area (Å²) in [6.07, 6.45) is 1.59. The fraction of sp³-hybridized carbons (Fsp3) is 0.238. The summed E-state index contributed by atoms with van der Waals surface area (Å²) >= 11 is 3.28. The van der Waals surface area contributed by atoms with Crippen LogP contribution in [0, 0.1) is 0 Å². The fourth-order valence-electron chi connectivity index (χ4n) is 2.89. The summed E-state index contributed by atoms with van der Waals surface area (Å²) in [4.78, 5) is 12.6. The maximum Gasteiger partial charge on any atom is 0.257 e. The van der Waals surface area contributed by atoms with Crippen LogP contribution in [-0.2, 0) is 22.0 Å². The van der Waals surface area contributed by atoms with E-state index in [-0.39, 0.29) is 15.9 Å². The van der Waals surface area contributed by atoms with Gasteiger partial charge in [0.25, 0.3) is 5.91 Å². The number of primary sulfonamides is 1. The van der Waals surface area contributed by atoms with Crippen LogP contribution in [0.25, 0.3) is 0 Å². The van der Waals surface area contributed by atoms with Crippen molar-refractivity contribution in [1.29, 1.82) is 0 Å². The number of carbonyl (C=O) groups is 1. The van der Waals surface area contributed by atoms with Crippen molar-refractivity contribution in [1.82, 2.24) is 9.78 Å². The van der Waals surface area contributed by atoms with E-state index in [1.165, 1.54) is 23.8 Å². The third-order valence-corrected chi connectivity index (χ3v) is 6.22. The number of nitrogens with one attached hydrogen (secondary N) is 1. The van der Waals surface area contributed by atoms with E-state index in [4.69, 9.17) is 5.14 Å². The Bertz CT molecular complexity index is 1180. The van der Waals surface area contributed by atoms with Crippen molar-refractivity contribution in [3.63, 3.8) is 0 Å². The summed E-state index contributed by atoms with van der Waals surface area (Å²) in [7, 11) is -3.92. The van der Waals surface area contributed by atoms with E-state index < -0.39 is 15.9 Å². The number of sulfonamides is 1. The molecule has 3 rings (SSSR count). The average Bonchev–Trinajstić information content (AvgIpc) is 3.07. The molecule has 3 aromatic rings. The molecule has 0 fully saturated rings. The molecule has 3 N–H and O–H groups in total. The third-order valence-electron chi connectivity index (χ3n) is 4.62. The lowest BCUT2D eigenvalue weighted by molar-refractivity contribution is 0.102. The number of amides is 1. The fourth-order valence-corrected chi connectivity index (χ4v) is 3.85. The first-order chi connectivity index (χ1) is 13.9. The molecule has 0 radical (unpaired) electrons. The molecule has 0 aliphatic rings. The lowest BCUT2D eigenvalue weighted by atomic mass is 9.87. The minimum atomic E-state index is -3.92. The van der Waals surface area contributed by atoms with Crippen molar-refractivity contribution < 1.29 is 13.2 Å². The number of nitrogens with two attached hydrogens (primary N) is 1. The molecule has 9 heteroatoms. The Kier molecular flexibility index (Phi) is 6.16. The van der Waals surface area contributed by atoms with Crippen LogP contribution in [0.1, 0.15) is 42.3 Å². The SMILES string of the molecule is CC(C)(C)c1ccc(Cn2nccc2NC(=O)c2cc(S(N)(=O)=O)ccc2Br)cc1. The second-order valence-corrected chi connectivity index (χ2v) is 10.4. The Labute approximate surface area is 184 Å². The van der Waals surface area contributed by atoms with Gasteiger partial charge < -0.3 is 5.32 Å². The van der Waals surface area contributed by atoms with Gasteiger partial charge in [0, 0.05) is 10.5 Å². The van der Waals surface area contributed by atoms with Gasteiger partial charge >= 0.3 is 0 Å². The molecule has 0 bridgehead atoms. The van der Waals surface area contributed by atoms with Gasteiger partial charge in [-0.15, -0.1) is 0 Å². The Morgan fingerprint density at radius 3 is 2.40 bits per heavy atom. The largest absolute Gasteiger partial charge is 0.307 e. The number of hydrogen-bond acceptors (Lipinski definition) is 4. The van der Waals surface area contributed by atoms with Crippen LogP contribution in [-0.4, -0.2) is 24.1 Å². The van der Waals surface area contributed by atoms with E-state index in [1.807, 2.05) is 12.1 Å². The number of aromatic nitrogens is 2. The summed E-state index contributed by atoms with van der Waals surface area (Å²) in [6, 6.07) is 14.0. The quantitative estimate of drug-likeness (QED) is 0.565. The maximum atomic E-state index is 12.8. The van der Waals surface area contributed by atoms with Gasteiger partial charge in [0.15, 0.2) is 0 Å². The predicted molar refractivity (Wildman–Crippen MR) is 120 cm³/mol.